The van der Waals surface area contributed by atoms with E-state index in [1.54, 1.807) is 0 Å². The van der Waals surface area contributed by atoms with E-state index in [-0.39, 0.29) is 5.91 Å². The number of nitrogens with one attached hydrogen (secondary N) is 2. The van der Waals surface area contributed by atoms with E-state index in [9.17, 15) is 4.79 Å². The molecule has 1 amide bonds. The van der Waals surface area contributed by atoms with Crippen LogP contribution in [0, 0.1) is 0 Å². The van der Waals surface area contributed by atoms with E-state index in [2.05, 4.69) is 15.6 Å². The zero-order valence-electron chi connectivity index (χ0n) is 15.2. The zero-order valence-corrected chi connectivity index (χ0v) is 15.2. The minimum atomic E-state index is -0.231. The number of amides is 1. The summed E-state index contributed by atoms with van der Waals surface area (Å²) in [5, 5.41) is 11.0. The van der Waals surface area contributed by atoms with E-state index in [1.165, 1.54) is 5.56 Å². The summed E-state index contributed by atoms with van der Waals surface area (Å²) >= 11 is 0. The van der Waals surface area contributed by atoms with Crippen LogP contribution in [0.2, 0.25) is 0 Å². The Balaban J connectivity index is 1.62. The average molecular weight is 369 g/mol. The number of fused-ring (bicyclic) bond motifs is 3. The summed E-state index contributed by atoms with van der Waals surface area (Å²) in [5.74, 6) is 0.275. The van der Waals surface area contributed by atoms with Crippen LogP contribution in [-0.2, 0) is 12.8 Å². The first-order valence-corrected chi connectivity index (χ1v) is 9.37. The maximum absolute atomic E-state index is 13.2. The average Bonchev–Trinajstić information content (AvgIpc) is 3.33. The molecule has 6 heteroatoms. The Kier molecular flexibility index (Phi) is 4.01. The summed E-state index contributed by atoms with van der Waals surface area (Å²) in [6.45, 7) is 0. The first kappa shape index (κ1) is 16.5. The van der Waals surface area contributed by atoms with Gasteiger partial charge in [0.25, 0.3) is 5.91 Å². The Bertz CT molecular complexity index is 1150. The molecule has 0 spiro atoms. The molecule has 0 saturated carbocycles. The zero-order chi connectivity index (χ0) is 18.9. The van der Waals surface area contributed by atoms with Crippen molar-refractivity contribution in [3.05, 3.63) is 83.7 Å². The molecule has 1 aliphatic rings. The van der Waals surface area contributed by atoms with Crippen molar-refractivity contribution >= 4 is 28.7 Å². The Morgan fingerprint density at radius 2 is 1.64 bits per heavy atom. The molecule has 4 aromatic rings. The van der Waals surface area contributed by atoms with E-state index in [4.69, 9.17) is 5.10 Å². The second-order valence-electron chi connectivity index (χ2n) is 6.85. The fourth-order valence-electron chi connectivity index (χ4n) is 3.66. The van der Waals surface area contributed by atoms with Crippen molar-refractivity contribution in [2.45, 2.75) is 19.3 Å². The summed E-state index contributed by atoms with van der Waals surface area (Å²) in [6, 6.07) is 19.1. The van der Waals surface area contributed by atoms with Crippen LogP contribution in [0.1, 0.15) is 28.0 Å². The van der Waals surface area contributed by atoms with Gasteiger partial charge in [0.15, 0.2) is 11.5 Å². The Morgan fingerprint density at radius 3 is 2.39 bits per heavy atom. The second-order valence-corrected chi connectivity index (χ2v) is 6.85. The molecular formula is C22H19N5O. The first-order valence-electron chi connectivity index (χ1n) is 9.37. The van der Waals surface area contributed by atoms with Crippen molar-refractivity contribution in [3.63, 3.8) is 0 Å². The Hall–Kier alpha value is -3.67. The summed E-state index contributed by atoms with van der Waals surface area (Å²) in [4.78, 5) is 17.7. The predicted octanol–water partition coefficient (Wildman–Crippen LogP) is 4.21. The molecule has 138 valence electrons. The molecule has 1 aliphatic carbocycles. The third-order valence-electron chi connectivity index (χ3n) is 4.98. The van der Waals surface area contributed by atoms with E-state index >= 15 is 0 Å². The number of benzene rings is 2. The highest BCUT2D eigenvalue weighted by Crippen LogP contribution is 2.28. The van der Waals surface area contributed by atoms with Crippen molar-refractivity contribution in [3.8, 4) is 0 Å². The minimum absolute atomic E-state index is 0.231. The summed E-state index contributed by atoms with van der Waals surface area (Å²) < 4.78 is 1.83. The number of aryl methyl sites for hydroxylation is 2. The van der Waals surface area contributed by atoms with Crippen LogP contribution in [0.3, 0.4) is 0 Å². The van der Waals surface area contributed by atoms with Gasteiger partial charge in [-0.25, -0.2) is 9.50 Å². The molecule has 5 rings (SSSR count). The van der Waals surface area contributed by atoms with Gasteiger partial charge in [0, 0.05) is 23.3 Å². The first-order chi connectivity index (χ1) is 13.8. The molecule has 0 fully saturated rings. The lowest BCUT2D eigenvalue weighted by Gasteiger charge is -2.07. The fraction of sp³-hybridized carbons (Fsp3) is 0.136. The standard InChI is InChI=1S/C22H19N5O/c28-22(25-17-11-5-2-6-12-17)19-20(24-16-9-3-1-4-10-16)26-27-18-13-7-8-15(18)14-23-21(19)27/h1-6,9-12,14H,7-8,13H2,(H,24,26)(H,25,28). The van der Waals surface area contributed by atoms with Gasteiger partial charge in [0.2, 0.25) is 0 Å². The topological polar surface area (TPSA) is 71.3 Å². The molecule has 0 atom stereocenters. The molecule has 0 bridgehead atoms. The molecule has 0 unspecified atom stereocenters. The van der Waals surface area contributed by atoms with Gasteiger partial charge < -0.3 is 10.6 Å². The highest BCUT2D eigenvalue weighted by atomic mass is 16.1. The van der Waals surface area contributed by atoms with Crippen LogP contribution in [-0.4, -0.2) is 20.5 Å². The van der Waals surface area contributed by atoms with Gasteiger partial charge in [-0.15, -0.1) is 5.10 Å². The molecule has 0 aliphatic heterocycles. The predicted molar refractivity (Wildman–Crippen MR) is 109 cm³/mol. The SMILES string of the molecule is O=C(Nc1ccccc1)c1c(Nc2ccccc2)nn2c3c(cnc12)CCC3. The Morgan fingerprint density at radius 1 is 0.929 bits per heavy atom. The van der Waals surface area contributed by atoms with Crippen molar-refractivity contribution in [2.24, 2.45) is 0 Å². The van der Waals surface area contributed by atoms with Gasteiger partial charge in [0.1, 0.15) is 5.56 Å². The summed E-state index contributed by atoms with van der Waals surface area (Å²) in [7, 11) is 0. The van der Waals surface area contributed by atoms with E-state index in [1.807, 2.05) is 71.4 Å². The van der Waals surface area contributed by atoms with Crippen molar-refractivity contribution in [1.29, 1.82) is 0 Å². The molecule has 2 N–H and O–H groups in total. The van der Waals surface area contributed by atoms with Gasteiger partial charge in [-0.3, -0.25) is 4.79 Å². The van der Waals surface area contributed by atoms with Crippen LogP contribution in [0.15, 0.2) is 66.9 Å². The molecule has 2 heterocycles. The number of nitrogens with zero attached hydrogens (tertiary/aromatic N) is 3. The quantitative estimate of drug-likeness (QED) is 0.565. The molecule has 6 nitrogen and oxygen atoms in total. The molecule has 2 aromatic heterocycles. The Labute approximate surface area is 162 Å². The fourth-order valence-corrected chi connectivity index (χ4v) is 3.66. The van der Waals surface area contributed by atoms with Crippen LogP contribution in [0.25, 0.3) is 5.65 Å². The van der Waals surface area contributed by atoms with E-state index < -0.39 is 0 Å². The third-order valence-corrected chi connectivity index (χ3v) is 4.98. The van der Waals surface area contributed by atoms with Crippen LogP contribution < -0.4 is 10.6 Å². The number of hydrogen-bond donors (Lipinski definition) is 2. The van der Waals surface area contributed by atoms with E-state index in [0.29, 0.717) is 17.0 Å². The van der Waals surface area contributed by atoms with Crippen LogP contribution in [0.5, 0.6) is 0 Å². The van der Waals surface area contributed by atoms with Gasteiger partial charge in [-0.1, -0.05) is 36.4 Å². The lowest BCUT2D eigenvalue weighted by atomic mass is 10.2. The van der Waals surface area contributed by atoms with Gasteiger partial charge in [0.05, 0.1) is 0 Å². The molecule has 0 saturated heterocycles. The number of carbonyl (C=O) groups is 1. The maximum Gasteiger partial charge on any atom is 0.263 e. The smallest absolute Gasteiger partial charge is 0.263 e. The number of hydrogen-bond acceptors (Lipinski definition) is 4. The third kappa shape index (κ3) is 2.89. The lowest BCUT2D eigenvalue weighted by molar-refractivity contribution is 0.102. The van der Waals surface area contributed by atoms with Crippen molar-refractivity contribution < 1.29 is 4.79 Å². The van der Waals surface area contributed by atoms with Gasteiger partial charge >= 0.3 is 0 Å². The van der Waals surface area contributed by atoms with Gasteiger partial charge in [-0.2, -0.15) is 0 Å². The number of anilines is 3. The molecular weight excluding hydrogens is 350 g/mol. The number of aromatic nitrogens is 3. The van der Waals surface area contributed by atoms with Crippen molar-refractivity contribution in [2.75, 3.05) is 10.6 Å². The van der Waals surface area contributed by atoms with Crippen LogP contribution >= 0.6 is 0 Å². The van der Waals surface area contributed by atoms with E-state index in [0.717, 1.165) is 36.3 Å². The van der Waals surface area contributed by atoms with Gasteiger partial charge in [-0.05, 0) is 49.1 Å². The number of rotatable bonds is 4. The minimum Gasteiger partial charge on any atom is -0.338 e. The number of carbonyl (C=O) groups excluding carboxylic acids is 1. The van der Waals surface area contributed by atoms with Crippen molar-refractivity contribution in [1.82, 2.24) is 14.6 Å². The maximum atomic E-state index is 13.2. The lowest BCUT2D eigenvalue weighted by Crippen LogP contribution is -2.14. The molecule has 28 heavy (non-hydrogen) atoms. The molecule has 0 radical (unpaired) electrons. The monoisotopic (exact) mass is 369 g/mol. The highest BCUT2D eigenvalue weighted by molar-refractivity contribution is 6.12. The highest BCUT2D eigenvalue weighted by Gasteiger charge is 2.25. The van der Waals surface area contributed by atoms with Crippen LogP contribution in [0.4, 0.5) is 17.2 Å². The second kappa shape index (κ2) is 6.81. The molecule has 2 aromatic carbocycles. The largest absolute Gasteiger partial charge is 0.338 e. The normalized spacial score (nSPS) is 12.7. The summed E-state index contributed by atoms with van der Waals surface area (Å²) in [6.07, 6.45) is 4.92. The summed E-state index contributed by atoms with van der Waals surface area (Å²) in [5.41, 5.74) is 4.97. The number of para-hydroxylation sites is 2.